The zero-order chi connectivity index (χ0) is 19.9. The summed E-state index contributed by atoms with van der Waals surface area (Å²) in [6, 6.07) is 24.8. The largest absolute Gasteiger partial charge is 0.317 e. The molecule has 1 N–H and O–H groups in total. The molecule has 0 heterocycles. The van der Waals surface area contributed by atoms with Crippen LogP contribution in [0, 0.1) is 6.92 Å². The van der Waals surface area contributed by atoms with Crippen LogP contribution in [0.25, 0.3) is 0 Å². The number of rotatable bonds is 5. The molecule has 0 fully saturated rings. The third-order valence-electron chi connectivity index (χ3n) is 4.67. The third kappa shape index (κ3) is 4.46. The van der Waals surface area contributed by atoms with Gasteiger partial charge in [-0.05, 0) is 42.2 Å². The number of aryl methyl sites for hydroxylation is 2. The van der Waals surface area contributed by atoms with Crippen LogP contribution in [0.5, 0.6) is 0 Å². The van der Waals surface area contributed by atoms with Crippen LogP contribution in [-0.2, 0) is 22.6 Å². The van der Waals surface area contributed by atoms with Gasteiger partial charge in [-0.15, -0.1) is 0 Å². The molecule has 0 aromatic heterocycles. The van der Waals surface area contributed by atoms with Crippen LogP contribution in [0.4, 0.5) is 11.4 Å². The van der Waals surface area contributed by atoms with Crippen molar-refractivity contribution in [2.45, 2.75) is 26.8 Å². The Morgan fingerprint density at radius 1 is 0.857 bits per heavy atom. The molecule has 3 aromatic rings. The number of nitrogens with zero attached hydrogens (tertiary/aromatic N) is 1. The average molecular weight is 372 g/mol. The summed E-state index contributed by atoms with van der Waals surface area (Å²) in [5.41, 5.74) is 4.31. The highest BCUT2D eigenvalue weighted by Crippen LogP contribution is 2.22. The molecule has 0 atom stereocenters. The van der Waals surface area contributed by atoms with Gasteiger partial charge >= 0.3 is 11.8 Å². The Labute approximate surface area is 165 Å². The van der Waals surface area contributed by atoms with E-state index in [-0.39, 0.29) is 0 Å². The fourth-order valence-electron chi connectivity index (χ4n) is 3.15. The van der Waals surface area contributed by atoms with Gasteiger partial charge in [-0.25, -0.2) is 0 Å². The van der Waals surface area contributed by atoms with E-state index in [9.17, 15) is 9.59 Å². The van der Waals surface area contributed by atoms with E-state index in [0.717, 1.165) is 28.8 Å². The van der Waals surface area contributed by atoms with Crippen molar-refractivity contribution >= 4 is 23.2 Å². The summed E-state index contributed by atoms with van der Waals surface area (Å²) in [7, 11) is 0. The van der Waals surface area contributed by atoms with Gasteiger partial charge in [0.15, 0.2) is 0 Å². The van der Waals surface area contributed by atoms with Crippen LogP contribution < -0.4 is 10.2 Å². The molecule has 28 heavy (non-hydrogen) atoms. The minimum Gasteiger partial charge on any atom is -0.317 e. The lowest BCUT2D eigenvalue weighted by atomic mass is 10.1. The lowest BCUT2D eigenvalue weighted by Crippen LogP contribution is -2.39. The summed E-state index contributed by atoms with van der Waals surface area (Å²) in [5, 5.41) is 2.84. The first-order chi connectivity index (χ1) is 13.6. The SMILES string of the molecule is CCc1cccc(C)c1NC(=O)C(=O)N(Cc1ccccc1)c1ccccc1. The van der Waals surface area contributed by atoms with Gasteiger partial charge < -0.3 is 5.32 Å². The summed E-state index contributed by atoms with van der Waals surface area (Å²) in [5.74, 6) is -1.22. The van der Waals surface area contributed by atoms with Crippen LogP contribution in [0.1, 0.15) is 23.6 Å². The van der Waals surface area contributed by atoms with Crippen molar-refractivity contribution in [2.75, 3.05) is 10.2 Å². The fourth-order valence-corrected chi connectivity index (χ4v) is 3.15. The quantitative estimate of drug-likeness (QED) is 0.658. The summed E-state index contributed by atoms with van der Waals surface area (Å²) in [6.45, 7) is 4.28. The Kier molecular flexibility index (Phi) is 6.22. The monoisotopic (exact) mass is 372 g/mol. The molecule has 4 heteroatoms. The lowest BCUT2D eigenvalue weighted by molar-refractivity contribution is -0.134. The Morgan fingerprint density at radius 2 is 1.50 bits per heavy atom. The summed E-state index contributed by atoms with van der Waals surface area (Å²) in [6.07, 6.45) is 0.776. The van der Waals surface area contributed by atoms with Crippen LogP contribution in [0.15, 0.2) is 78.9 Å². The van der Waals surface area contributed by atoms with E-state index in [0.29, 0.717) is 12.2 Å². The predicted molar refractivity (Wildman–Crippen MR) is 113 cm³/mol. The van der Waals surface area contributed by atoms with Gasteiger partial charge in [0.1, 0.15) is 0 Å². The maximum atomic E-state index is 13.1. The Morgan fingerprint density at radius 3 is 2.14 bits per heavy atom. The Bertz CT molecular complexity index is 953. The van der Waals surface area contributed by atoms with Gasteiger partial charge in [0.2, 0.25) is 0 Å². The first-order valence-corrected chi connectivity index (χ1v) is 9.40. The zero-order valence-electron chi connectivity index (χ0n) is 16.2. The van der Waals surface area contributed by atoms with E-state index in [2.05, 4.69) is 5.32 Å². The van der Waals surface area contributed by atoms with Crippen LogP contribution >= 0.6 is 0 Å². The van der Waals surface area contributed by atoms with Crippen molar-refractivity contribution in [2.24, 2.45) is 0 Å². The number of benzene rings is 3. The molecule has 0 saturated heterocycles. The molecule has 3 rings (SSSR count). The molecule has 2 amide bonds. The number of hydrogen-bond acceptors (Lipinski definition) is 2. The maximum Gasteiger partial charge on any atom is 0.316 e. The molecule has 0 aliphatic rings. The first kappa shape index (κ1) is 19.4. The van der Waals surface area contributed by atoms with Crippen molar-refractivity contribution in [3.8, 4) is 0 Å². The number of carbonyl (C=O) groups excluding carboxylic acids is 2. The molecule has 0 spiro atoms. The van der Waals surface area contributed by atoms with Gasteiger partial charge in [-0.2, -0.15) is 0 Å². The van der Waals surface area contributed by atoms with E-state index in [1.165, 1.54) is 4.90 Å². The number of hydrogen-bond donors (Lipinski definition) is 1. The third-order valence-corrected chi connectivity index (χ3v) is 4.67. The minimum atomic E-state index is -0.635. The van der Waals surface area contributed by atoms with Crippen LogP contribution in [0.3, 0.4) is 0 Å². The van der Waals surface area contributed by atoms with Gasteiger partial charge in [-0.1, -0.05) is 73.7 Å². The summed E-state index contributed by atoms with van der Waals surface area (Å²) < 4.78 is 0. The molecule has 0 radical (unpaired) electrons. The standard InChI is InChI=1S/C24H24N2O2/c1-3-20-14-10-11-18(2)22(20)25-23(27)24(28)26(21-15-8-5-9-16-21)17-19-12-6-4-7-13-19/h4-16H,3,17H2,1-2H3,(H,25,27). The molecule has 0 aliphatic carbocycles. The average Bonchev–Trinajstić information content (AvgIpc) is 2.74. The Balaban J connectivity index is 1.88. The highest BCUT2D eigenvalue weighted by Gasteiger charge is 2.24. The predicted octanol–water partition coefficient (Wildman–Crippen LogP) is 4.73. The highest BCUT2D eigenvalue weighted by molar-refractivity contribution is 6.44. The normalized spacial score (nSPS) is 10.4. The first-order valence-electron chi connectivity index (χ1n) is 9.40. The number of anilines is 2. The molecular weight excluding hydrogens is 348 g/mol. The van der Waals surface area contributed by atoms with Crippen molar-refractivity contribution in [1.82, 2.24) is 0 Å². The molecule has 3 aromatic carbocycles. The molecule has 142 valence electrons. The van der Waals surface area contributed by atoms with Crippen molar-refractivity contribution in [3.63, 3.8) is 0 Å². The summed E-state index contributed by atoms with van der Waals surface area (Å²) >= 11 is 0. The topological polar surface area (TPSA) is 49.4 Å². The lowest BCUT2D eigenvalue weighted by Gasteiger charge is -2.23. The van der Waals surface area contributed by atoms with E-state index in [1.807, 2.05) is 92.7 Å². The summed E-state index contributed by atoms with van der Waals surface area (Å²) in [4.78, 5) is 27.4. The van der Waals surface area contributed by atoms with Gasteiger partial charge in [0.25, 0.3) is 0 Å². The van der Waals surface area contributed by atoms with Gasteiger partial charge in [-0.3, -0.25) is 14.5 Å². The van der Waals surface area contributed by atoms with E-state index >= 15 is 0 Å². The fraction of sp³-hybridized carbons (Fsp3) is 0.167. The second kappa shape index (κ2) is 9.00. The van der Waals surface area contributed by atoms with Crippen molar-refractivity contribution in [1.29, 1.82) is 0 Å². The number of para-hydroxylation sites is 2. The molecule has 0 aliphatic heterocycles. The maximum absolute atomic E-state index is 13.1. The zero-order valence-corrected chi connectivity index (χ0v) is 16.2. The Hall–Kier alpha value is -3.40. The number of amides is 2. The molecule has 0 unspecified atom stereocenters. The molecule has 0 saturated carbocycles. The molecule has 4 nitrogen and oxygen atoms in total. The number of carbonyl (C=O) groups is 2. The smallest absolute Gasteiger partial charge is 0.316 e. The van der Waals surface area contributed by atoms with Gasteiger partial charge in [0.05, 0.1) is 6.54 Å². The van der Waals surface area contributed by atoms with E-state index < -0.39 is 11.8 Å². The number of nitrogens with one attached hydrogen (secondary N) is 1. The minimum absolute atomic E-state index is 0.325. The van der Waals surface area contributed by atoms with Crippen LogP contribution in [0.2, 0.25) is 0 Å². The van der Waals surface area contributed by atoms with Crippen molar-refractivity contribution < 1.29 is 9.59 Å². The molecule has 0 bridgehead atoms. The highest BCUT2D eigenvalue weighted by atomic mass is 16.2. The molecular formula is C24H24N2O2. The van der Waals surface area contributed by atoms with E-state index in [1.54, 1.807) is 0 Å². The van der Waals surface area contributed by atoms with Gasteiger partial charge in [0, 0.05) is 11.4 Å². The second-order valence-electron chi connectivity index (χ2n) is 6.63. The van der Waals surface area contributed by atoms with Crippen molar-refractivity contribution in [3.05, 3.63) is 95.6 Å². The van der Waals surface area contributed by atoms with Crippen LogP contribution in [-0.4, -0.2) is 11.8 Å². The van der Waals surface area contributed by atoms with E-state index in [4.69, 9.17) is 0 Å². The second-order valence-corrected chi connectivity index (χ2v) is 6.63.